The van der Waals surface area contributed by atoms with Gasteiger partial charge in [0.05, 0.1) is 13.1 Å². The molecule has 1 aromatic carbocycles. The van der Waals surface area contributed by atoms with E-state index in [9.17, 15) is 9.59 Å². The van der Waals surface area contributed by atoms with Crippen LogP contribution in [0.4, 0.5) is 0 Å². The molecule has 0 aliphatic rings. The predicted molar refractivity (Wildman–Crippen MR) is 94.1 cm³/mol. The van der Waals surface area contributed by atoms with E-state index in [2.05, 4.69) is 21.2 Å². The topological polar surface area (TPSA) is 52.7 Å². The van der Waals surface area contributed by atoms with Gasteiger partial charge in [-0.05, 0) is 31.3 Å². The highest BCUT2D eigenvalue weighted by Crippen LogP contribution is 2.19. The predicted octanol–water partition coefficient (Wildman–Crippen LogP) is 1.68. The number of rotatable bonds is 8. The van der Waals surface area contributed by atoms with Gasteiger partial charge in [0.1, 0.15) is 0 Å². The molecule has 0 aliphatic carbocycles. The van der Waals surface area contributed by atoms with E-state index in [0.29, 0.717) is 6.54 Å². The van der Waals surface area contributed by atoms with Crippen LogP contribution in [-0.2, 0) is 9.59 Å². The quantitative estimate of drug-likeness (QED) is 0.544. The molecule has 5 nitrogen and oxygen atoms in total. The number of carbonyl (C=O) groups is 2. The van der Waals surface area contributed by atoms with Gasteiger partial charge >= 0.3 is 0 Å². The van der Waals surface area contributed by atoms with Gasteiger partial charge in [-0.15, -0.1) is 11.8 Å². The molecule has 0 aromatic heterocycles. The molecular formula is C15H22BrN3O2S. The lowest BCUT2D eigenvalue weighted by Crippen LogP contribution is -2.41. The Kier molecular flexibility index (Phi) is 8.52. The Labute approximate surface area is 144 Å². The molecule has 1 rings (SSSR count). The van der Waals surface area contributed by atoms with Gasteiger partial charge in [0.2, 0.25) is 11.8 Å². The third-order valence-corrected chi connectivity index (χ3v) is 4.37. The number of hydrogen-bond acceptors (Lipinski definition) is 4. The number of thioether (sulfide) groups is 1. The van der Waals surface area contributed by atoms with Gasteiger partial charge in [0.25, 0.3) is 0 Å². The van der Waals surface area contributed by atoms with Crippen molar-refractivity contribution in [3.8, 4) is 0 Å². The van der Waals surface area contributed by atoms with Crippen LogP contribution in [-0.4, -0.2) is 68.1 Å². The smallest absolute Gasteiger partial charge is 0.236 e. The van der Waals surface area contributed by atoms with Crippen LogP contribution in [0.5, 0.6) is 0 Å². The Morgan fingerprint density at radius 1 is 1.14 bits per heavy atom. The fourth-order valence-electron chi connectivity index (χ4n) is 1.62. The standard InChI is InChI=1S/C15H22BrN3O2S/c1-18(2)15(21)11-19(3)10-14(20)17-8-9-22-13-6-4-12(16)5-7-13/h4-7H,8-11H2,1-3H3,(H,17,20). The van der Waals surface area contributed by atoms with Crippen molar-refractivity contribution in [2.24, 2.45) is 0 Å². The number of carbonyl (C=O) groups excluding carboxylic acids is 2. The zero-order chi connectivity index (χ0) is 16.5. The Hall–Kier alpha value is -1.05. The van der Waals surface area contributed by atoms with Crippen molar-refractivity contribution >= 4 is 39.5 Å². The summed E-state index contributed by atoms with van der Waals surface area (Å²) in [6.07, 6.45) is 0. The average Bonchev–Trinajstić information content (AvgIpc) is 2.45. The summed E-state index contributed by atoms with van der Waals surface area (Å²) in [7, 11) is 5.17. The molecule has 0 atom stereocenters. The highest BCUT2D eigenvalue weighted by atomic mass is 79.9. The molecule has 1 aromatic rings. The summed E-state index contributed by atoms with van der Waals surface area (Å²) < 4.78 is 1.06. The molecule has 0 bridgehead atoms. The molecule has 0 aliphatic heterocycles. The second kappa shape index (κ2) is 9.86. The SMILES string of the molecule is CN(CC(=O)NCCSc1ccc(Br)cc1)CC(=O)N(C)C. The fourth-order valence-corrected chi connectivity index (χ4v) is 2.65. The Morgan fingerprint density at radius 2 is 1.77 bits per heavy atom. The van der Waals surface area contributed by atoms with Gasteiger partial charge in [0.15, 0.2) is 0 Å². The number of amides is 2. The van der Waals surface area contributed by atoms with E-state index in [0.717, 1.165) is 10.2 Å². The summed E-state index contributed by atoms with van der Waals surface area (Å²) in [4.78, 5) is 27.7. The van der Waals surface area contributed by atoms with Crippen molar-refractivity contribution in [2.45, 2.75) is 4.90 Å². The van der Waals surface area contributed by atoms with E-state index in [4.69, 9.17) is 0 Å². The second-order valence-electron chi connectivity index (χ2n) is 5.11. The first-order chi connectivity index (χ1) is 10.4. The van der Waals surface area contributed by atoms with Gasteiger partial charge in [0, 0.05) is 35.8 Å². The molecule has 0 unspecified atom stereocenters. The van der Waals surface area contributed by atoms with Gasteiger partial charge in [-0.2, -0.15) is 0 Å². The molecule has 0 fully saturated rings. The van der Waals surface area contributed by atoms with E-state index < -0.39 is 0 Å². The number of halogens is 1. The third kappa shape index (κ3) is 7.82. The summed E-state index contributed by atoms with van der Waals surface area (Å²) >= 11 is 5.09. The minimum Gasteiger partial charge on any atom is -0.354 e. The number of likely N-dealkylation sites (N-methyl/N-ethyl adjacent to an activating group) is 2. The average molecular weight is 388 g/mol. The van der Waals surface area contributed by atoms with Crippen LogP contribution < -0.4 is 5.32 Å². The van der Waals surface area contributed by atoms with Crippen LogP contribution in [0.15, 0.2) is 33.6 Å². The van der Waals surface area contributed by atoms with Crippen molar-refractivity contribution in [2.75, 3.05) is 46.5 Å². The minimum absolute atomic E-state index is 0.0129. The molecule has 0 spiro atoms. The van der Waals surface area contributed by atoms with Crippen LogP contribution in [0.2, 0.25) is 0 Å². The van der Waals surface area contributed by atoms with Crippen LogP contribution in [0.25, 0.3) is 0 Å². The molecule has 2 amide bonds. The van der Waals surface area contributed by atoms with Gasteiger partial charge in [-0.3, -0.25) is 14.5 Å². The highest BCUT2D eigenvalue weighted by Gasteiger charge is 2.11. The lowest BCUT2D eigenvalue weighted by molar-refractivity contribution is -0.130. The molecule has 0 saturated carbocycles. The number of nitrogens with one attached hydrogen (secondary N) is 1. The summed E-state index contributed by atoms with van der Waals surface area (Å²) in [6.45, 7) is 1.08. The van der Waals surface area contributed by atoms with Crippen LogP contribution >= 0.6 is 27.7 Å². The van der Waals surface area contributed by atoms with E-state index >= 15 is 0 Å². The Balaban J connectivity index is 2.17. The molecule has 0 radical (unpaired) electrons. The number of hydrogen-bond donors (Lipinski definition) is 1. The van der Waals surface area contributed by atoms with Crippen LogP contribution in [0.1, 0.15) is 0 Å². The summed E-state index contributed by atoms with van der Waals surface area (Å²) in [5, 5.41) is 2.86. The Bertz CT molecular complexity index is 494. The maximum atomic E-state index is 11.8. The first-order valence-electron chi connectivity index (χ1n) is 6.92. The molecule has 1 N–H and O–H groups in total. The first kappa shape index (κ1) is 19.0. The zero-order valence-electron chi connectivity index (χ0n) is 13.1. The zero-order valence-corrected chi connectivity index (χ0v) is 15.5. The van der Waals surface area contributed by atoms with Crippen molar-refractivity contribution in [1.29, 1.82) is 0 Å². The highest BCUT2D eigenvalue weighted by molar-refractivity contribution is 9.10. The summed E-state index contributed by atoms with van der Waals surface area (Å²) in [5.74, 6) is 0.736. The maximum Gasteiger partial charge on any atom is 0.236 e. The fraction of sp³-hybridized carbons (Fsp3) is 0.467. The van der Waals surface area contributed by atoms with Gasteiger partial charge in [-0.1, -0.05) is 15.9 Å². The lowest BCUT2D eigenvalue weighted by atomic mass is 10.4. The van der Waals surface area contributed by atoms with Crippen molar-refractivity contribution in [1.82, 2.24) is 15.1 Å². The van der Waals surface area contributed by atoms with E-state index in [1.54, 1.807) is 37.8 Å². The normalized spacial score (nSPS) is 10.6. The number of nitrogens with zero attached hydrogens (tertiary/aromatic N) is 2. The lowest BCUT2D eigenvalue weighted by Gasteiger charge is -2.18. The van der Waals surface area contributed by atoms with E-state index in [-0.39, 0.29) is 24.9 Å². The molecule has 7 heteroatoms. The van der Waals surface area contributed by atoms with Crippen molar-refractivity contribution in [3.63, 3.8) is 0 Å². The largest absolute Gasteiger partial charge is 0.354 e. The molecule has 0 saturated heterocycles. The summed E-state index contributed by atoms with van der Waals surface area (Å²) in [6, 6.07) is 8.07. The number of benzene rings is 1. The van der Waals surface area contributed by atoms with Gasteiger partial charge in [-0.25, -0.2) is 0 Å². The van der Waals surface area contributed by atoms with E-state index in [1.807, 2.05) is 24.3 Å². The Morgan fingerprint density at radius 3 is 2.36 bits per heavy atom. The maximum absolute atomic E-state index is 11.8. The van der Waals surface area contributed by atoms with Crippen LogP contribution in [0, 0.1) is 0 Å². The van der Waals surface area contributed by atoms with Crippen molar-refractivity contribution in [3.05, 3.63) is 28.7 Å². The molecular weight excluding hydrogens is 366 g/mol. The second-order valence-corrected chi connectivity index (χ2v) is 7.20. The molecule has 0 heterocycles. The monoisotopic (exact) mass is 387 g/mol. The first-order valence-corrected chi connectivity index (χ1v) is 8.70. The van der Waals surface area contributed by atoms with Gasteiger partial charge < -0.3 is 10.2 Å². The molecule has 122 valence electrons. The van der Waals surface area contributed by atoms with E-state index in [1.165, 1.54) is 9.80 Å². The minimum atomic E-state index is -0.0644. The molecule has 22 heavy (non-hydrogen) atoms. The summed E-state index contributed by atoms with van der Waals surface area (Å²) in [5.41, 5.74) is 0. The third-order valence-electron chi connectivity index (χ3n) is 2.82. The van der Waals surface area contributed by atoms with Crippen LogP contribution in [0.3, 0.4) is 0 Å². The van der Waals surface area contributed by atoms with Crippen molar-refractivity contribution < 1.29 is 9.59 Å².